The van der Waals surface area contributed by atoms with Crippen molar-refractivity contribution in [2.75, 3.05) is 30.5 Å². The van der Waals surface area contributed by atoms with Crippen LogP contribution in [-0.4, -0.2) is 93.9 Å². The van der Waals surface area contributed by atoms with E-state index in [0.29, 0.717) is 81.9 Å². The topological polar surface area (TPSA) is 211 Å². The zero-order valence-corrected chi connectivity index (χ0v) is 43.2. The third kappa shape index (κ3) is 11.0. The van der Waals surface area contributed by atoms with Gasteiger partial charge in [-0.25, -0.2) is 38.3 Å². The number of anilines is 2. The lowest BCUT2D eigenvalue weighted by Crippen LogP contribution is -2.41. The Morgan fingerprint density at radius 3 is 1.84 bits per heavy atom. The van der Waals surface area contributed by atoms with E-state index in [4.69, 9.17) is 23.5 Å². The van der Waals surface area contributed by atoms with Gasteiger partial charge in [-0.3, -0.25) is 18.8 Å². The van der Waals surface area contributed by atoms with Crippen molar-refractivity contribution in [3.8, 4) is 22.6 Å². The van der Waals surface area contributed by atoms with Crippen LogP contribution in [0, 0.1) is 25.5 Å². The molecule has 0 saturated carbocycles. The van der Waals surface area contributed by atoms with Crippen LogP contribution in [-0.2, 0) is 40.0 Å². The van der Waals surface area contributed by atoms with Crippen molar-refractivity contribution in [1.82, 2.24) is 38.7 Å². The number of carboxylic acid groups (broad SMARTS) is 1. The lowest BCUT2D eigenvalue weighted by atomic mass is 9.78. The molecule has 0 radical (unpaired) electrons. The van der Waals surface area contributed by atoms with Crippen molar-refractivity contribution in [3.63, 3.8) is 0 Å². The van der Waals surface area contributed by atoms with Gasteiger partial charge in [0.25, 0.3) is 0 Å². The molecule has 1 fully saturated rings. The molecule has 0 spiro atoms. The van der Waals surface area contributed by atoms with Gasteiger partial charge in [-0.1, -0.05) is 19.6 Å². The van der Waals surface area contributed by atoms with Gasteiger partial charge in [0.05, 0.1) is 35.5 Å². The lowest BCUT2D eigenvalue weighted by molar-refractivity contribution is 0.00578. The third-order valence-electron chi connectivity index (χ3n) is 13.2. The number of fused-ring (bicyclic) bond motifs is 4. The zero-order chi connectivity index (χ0) is 52.5. The number of carbonyl (C=O) groups excluding carboxylic acids is 1. The predicted octanol–water partition coefficient (Wildman–Crippen LogP) is 9.16. The van der Waals surface area contributed by atoms with Crippen LogP contribution in [0.15, 0.2) is 90.2 Å². The summed E-state index contributed by atoms with van der Waals surface area (Å²) in [6.07, 6.45) is 10.9. The number of imidazole rings is 2. The molecular formula is C53H56BBrF2N10O8. The molecule has 6 aromatic heterocycles. The number of halogens is 3. The van der Waals surface area contributed by atoms with Crippen LogP contribution in [0.2, 0.25) is 0 Å². The number of aryl methyl sites for hydroxylation is 2. The van der Waals surface area contributed by atoms with Crippen molar-refractivity contribution < 1.29 is 47.0 Å². The number of hydrogen-bond acceptors (Lipinski definition) is 15. The van der Waals surface area contributed by atoms with Crippen molar-refractivity contribution in [3.05, 3.63) is 147 Å². The van der Waals surface area contributed by atoms with Crippen molar-refractivity contribution in [2.24, 2.45) is 0 Å². The molecule has 1 saturated heterocycles. The van der Waals surface area contributed by atoms with E-state index in [1.54, 1.807) is 64.9 Å². The summed E-state index contributed by atoms with van der Waals surface area (Å²) in [5.74, 6) is -0.0756. The molecule has 3 aliphatic heterocycles. The minimum atomic E-state index is -1.15. The molecule has 8 aromatic rings. The largest absolute Gasteiger partial charge is 0.496 e. The molecule has 9 heterocycles. The number of aromatic nitrogens is 8. The summed E-state index contributed by atoms with van der Waals surface area (Å²) >= 11 is 3.38. The standard InChI is InChI=1S/C22H18FN5O3.C18H16BrFN4O3.C12H18BNO2.CH4/c1-12-13(3-2-7-24-12)16-10-26-22(28-11-18(21(29)30)27-20(16)28)25-9-15-14-6-8-31-19(14)5-4-17(15)23;1-2-26-17(25)14-9-24-16(23-14)12(19)8-22-18(24)21-7-11-10-5-6-27-15(10)4-3-13(11)20;1-9-10(7-6-8-14-9)13-15-11(2,3)12(4,5)16-13;/h2-5,7,10-11H,6,8-9H2,1H3,(H,25,26)(H,29,30);3-4,8-9H,2,5-7H2,1H3,(H,21,22);6-8H,1-5H3;1H4. The second kappa shape index (κ2) is 22.1. The second-order valence-electron chi connectivity index (χ2n) is 18.4. The second-order valence-corrected chi connectivity index (χ2v) is 19.3. The molecule has 0 aliphatic carbocycles. The lowest BCUT2D eigenvalue weighted by Gasteiger charge is -2.32. The molecule has 18 nitrogen and oxygen atoms in total. The Kier molecular flexibility index (Phi) is 15.8. The van der Waals surface area contributed by atoms with E-state index in [1.807, 2.05) is 32.0 Å². The highest BCUT2D eigenvalue weighted by atomic mass is 79.9. The quantitative estimate of drug-likeness (QED) is 0.0814. The van der Waals surface area contributed by atoms with Crippen LogP contribution >= 0.6 is 15.9 Å². The molecule has 3 aliphatic rings. The normalized spacial score (nSPS) is 14.6. The maximum absolute atomic E-state index is 14.5. The first-order valence-electron chi connectivity index (χ1n) is 23.8. The summed E-state index contributed by atoms with van der Waals surface area (Å²) in [4.78, 5) is 49.4. The summed E-state index contributed by atoms with van der Waals surface area (Å²) in [6.45, 7) is 15.5. The fourth-order valence-corrected chi connectivity index (χ4v) is 9.00. The molecule has 75 heavy (non-hydrogen) atoms. The van der Waals surface area contributed by atoms with E-state index in [-0.39, 0.29) is 68.5 Å². The van der Waals surface area contributed by atoms with Gasteiger partial charge in [-0.2, -0.15) is 0 Å². The summed E-state index contributed by atoms with van der Waals surface area (Å²) in [5, 5.41) is 15.7. The highest BCUT2D eigenvalue weighted by Gasteiger charge is 2.52. The number of carboxylic acids is 1. The molecule has 2 aromatic carbocycles. The van der Waals surface area contributed by atoms with Gasteiger partial charge in [-0.15, -0.1) is 0 Å². The number of nitrogens with zero attached hydrogens (tertiary/aromatic N) is 8. The van der Waals surface area contributed by atoms with Crippen LogP contribution in [0.25, 0.3) is 22.4 Å². The Bertz CT molecular complexity index is 3430. The summed E-state index contributed by atoms with van der Waals surface area (Å²) in [5.41, 5.74) is 7.39. The van der Waals surface area contributed by atoms with Gasteiger partial charge < -0.3 is 39.3 Å². The van der Waals surface area contributed by atoms with Gasteiger partial charge in [-0.05, 0) is 101 Å². The fourth-order valence-electron chi connectivity index (χ4n) is 8.62. The Morgan fingerprint density at radius 1 is 0.747 bits per heavy atom. The molecule has 0 amide bonds. The molecule has 0 bridgehead atoms. The number of carbonyl (C=O) groups is 2. The van der Waals surface area contributed by atoms with E-state index < -0.39 is 11.9 Å². The number of pyridine rings is 2. The highest BCUT2D eigenvalue weighted by molar-refractivity contribution is 9.10. The first kappa shape index (κ1) is 53.7. The van der Waals surface area contributed by atoms with Gasteiger partial charge in [0.1, 0.15) is 28.8 Å². The minimum Gasteiger partial charge on any atom is -0.493 e. The van der Waals surface area contributed by atoms with Gasteiger partial charge in [0.15, 0.2) is 17.0 Å². The molecule has 3 N–H and O–H groups in total. The number of hydrogen-bond donors (Lipinski definition) is 3. The number of aromatic carboxylic acids is 1. The molecule has 390 valence electrons. The Balaban J connectivity index is 0.000000156. The molecule has 0 unspecified atom stereocenters. The van der Waals surface area contributed by atoms with Gasteiger partial charge in [0, 0.05) is 113 Å². The molecule has 11 rings (SSSR count). The first-order chi connectivity index (χ1) is 35.4. The van der Waals surface area contributed by atoms with Crippen LogP contribution in [0.1, 0.15) is 96.7 Å². The number of esters is 1. The van der Waals surface area contributed by atoms with Crippen molar-refractivity contribution >= 4 is 63.6 Å². The maximum Gasteiger partial charge on any atom is 0.496 e. The van der Waals surface area contributed by atoms with E-state index in [9.17, 15) is 23.5 Å². The average Bonchev–Trinajstić information content (AvgIpc) is 4.23. The summed E-state index contributed by atoms with van der Waals surface area (Å²) in [7, 11) is -0.307. The Labute approximate surface area is 440 Å². The third-order valence-corrected chi connectivity index (χ3v) is 13.8. The van der Waals surface area contributed by atoms with Crippen LogP contribution in [0.3, 0.4) is 0 Å². The van der Waals surface area contributed by atoms with Crippen molar-refractivity contribution in [2.45, 2.75) is 93.0 Å². The fraction of sp³-hybridized carbons (Fsp3) is 0.321. The van der Waals surface area contributed by atoms with Crippen LogP contribution in [0.4, 0.5) is 20.7 Å². The molecular weight excluding hydrogens is 1030 g/mol. The monoisotopic (exact) mass is 1090 g/mol. The zero-order valence-electron chi connectivity index (χ0n) is 41.6. The number of rotatable bonds is 11. The molecule has 0 atom stereocenters. The van der Waals surface area contributed by atoms with E-state index >= 15 is 0 Å². The smallest absolute Gasteiger partial charge is 0.493 e. The van der Waals surface area contributed by atoms with Crippen molar-refractivity contribution in [1.29, 1.82) is 0 Å². The van der Waals surface area contributed by atoms with E-state index in [0.717, 1.165) is 33.5 Å². The van der Waals surface area contributed by atoms with Crippen LogP contribution in [0.5, 0.6) is 11.5 Å². The van der Waals surface area contributed by atoms with Gasteiger partial charge in [0.2, 0.25) is 11.9 Å². The van der Waals surface area contributed by atoms with Gasteiger partial charge >= 0.3 is 19.1 Å². The maximum atomic E-state index is 14.5. The SMILES string of the molecule is C.CCOC(=O)c1cn2c(NCc3c(F)ccc4c3CCO4)ncc(Br)c2n1.Cc1ncccc1-c1cnc(NCc2c(F)ccc3c2CCO3)n2cc(C(=O)O)nc12.Cc1ncccc1B1OC(C)(C)C(C)(C)O1. The van der Waals surface area contributed by atoms with E-state index in [2.05, 4.69) is 84.2 Å². The first-order valence-corrected chi connectivity index (χ1v) is 24.6. The Morgan fingerprint density at radius 2 is 1.28 bits per heavy atom. The number of benzene rings is 2. The minimum absolute atomic E-state index is 0. The summed E-state index contributed by atoms with van der Waals surface area (Å²) in [6, 6.07) is 13.7. The average molecular weight is 1090 g/mol. The predicted molar refractivity (Wildman–Crippen MR) is 282 cm³/mol. The van der Waals surface area contributed by atoms with E-state index in [1.165, 1.54) is 18.3 Å². The Hall–Kier alpha value is -7.56. The summed E-state index contributed by atoms with van der Waals surface area (Å²) < 4.78 is 60.6. The number of ether oxygens (including phenoxy) is 3. The number of nitrogens with one attached hydrogen (secondary N) is 2. The highest BCUT2D eigenvalue weighted by Crippen LogP contribution is 2.37. The van der Waals surface area contributed by atoms with Crippen LogP contribution < -0.4 is 25.6 Å². The molecule has 22 heteroatoms.